The molecule has 0 unspecified atom stereocenters. The summed E-state index contributed by atoms with van der Waals surface area (Å²) in [6.07, 6.45) is 4.78. The van der Waals surface area contributed by atoms with Crippen LogP contribution < -0.4 is 9.47 Å². The molecule has 0 aliphatic carbocycles. The molecule has 0 aliphatic rings. The first kappa shape index (κ1) is 21.3. The first-order chi connectivity index (χ1) is 14.5. The lowest BCUT2D eigenvalue weighted by Crippen LogP contribution is -1.95. The van der Waals surface area contributed by atoms with Crippen LogP contribution in [-0.2, 0) is 0 Å². The predicted octanol–water partition coefficient (Wildman–Crippen LogP) is 5.82. The van der Waals surface area contributed by atoms with E-state index >= 15 is 0 Å². The van der Waals surface area contributed by atoms with E-state index in [4.69, 9.17) is 9.47 Å². The Morgan fingerprint density at radius 2 is 1.73 bits per heavy atom. The Bertz CT molecular complexity index is 1100. The van der Waals surface area contributed by atoms with Crippen molar-refractivity contribution in [2.45, 2.75) is 0 Å². The van der Waals surface area contributed by atoms with Crippen LogP contribution in [0, 0.1) is 0 Å². The molecule has 152 valence electrons. The van der Waals surface area contributed by atoms with Gasteiger partial charge in [0.1, 0.15) is 11.4 Å². The molecule has 0 aliphatic heterocycles. The van der Waals surface area contributed by atoms with Gasteiger partial charge >= 0.3 is 0 Å². The molecule has 30 heavy (non-hydrogen) atoms. The number of ketones is 1. The molecule has 0 saturated heterocycles. The third-order valence-corrected chi connectivity index (χ3v) is 4.88. The Labute approximate surface area is 183 Å². The highest BCUT2D eigenvalue weighted by Gasteiger charge is 2.09. The van der Waals surface area contributed by atoms with Gasteiger partial charge in [0, 0.05) is 21.8 Å². The number of rotatable bonds is 7. The van der Waals surface area contributed by atoms with Crippen molar-refractivity contribution in [2.75, 3.05) is 14.2 Å². The van der Waals surface area contributed by atoms with E-state index in [0.29, 0.717) is 28.3 Å². The second kappa shape index (κ2) is 9.89. The molecule has 0 heterocycles. The SMILES string of the molecule is COc1ccc(C(=O)/C=C/c2ccc(Br)cc2)cc1N=Cc1cccc(OC)c1O. The molecule has 3 aromatic carbocycles. The monoisotopic (exact) mass is 465 g/mol. The molecule has 3 aromatic rings. The minimum absolute atomic E-state index is 0.00706. The molecular formula is C24H20BrNO4. The van der Waals surface area contributed by atoms with Gasteiger partial charge in [-0.15, -0.1) is 0 Å². The second-order valence-electron chi connectivity index (χ2n) is 6.29. The Balaban J connectivity index is 1.86. The van der Waals surface area contributed by atoms with Crippen LogP contribution in [0.5, 0.6) is 17.2 Å². The number of phenolic OH excluding ortho intramolecular Hbond substituents is 1. The number of halogens is 1. The number of para-hydroxylation sites is 1. The van der Waals surface area contributed by atoms with Gasteiger partial charge in [-0.1, -0.05) is 40.2 Å². The zero-order chi connectivity index (χ0) is 21.5. The van der Waals surface area contributed by atoms with Gasteiger partial charge in [0.25, 0.3) is 0 Å². The average molecular weight is 466 g/mol. The molecular weight excluding hydrogens is 446 g/mol. The standard InChI is InChI=1S/C24H20BrNO4/c1-29-22-13-9-17(21(27)12-8-16-6-10-19(25)11-7-16)14-20(22)26-15-18-4-3-5-23(30-2)24(18)28/h3-15,28H,1-2H3/b12-8+,26-15?. The number of ether oxygens (including phenoxy) is 2. The zero-order valence-corrected chi connectivity index (χ0v) is 18.1. The fraction of sp³-hybridized carbons (Fsp3) is 0.0833. The lowest BCUT2D eigenvalue weighted by atomic mass is 10.1. The Morgan fingerprint density at radius 3 is 2.43 bits per heavy atom. The molecule has 5 nitrogen and oxygen atoms in total. The summed E-state index contributed by atoms with van der Waals surface area (Å²) in [5, 5.41) is 10.2. The van der Waals surface area contributed by atoms with E-state index in [1.165, 1.54) is 26.5 Å². The van der Waals surface area contributed by atoms with Crippen molar-refractivity contribution in [3.8, 4) is 17.2 Å². The third kappa shape index (κ3) is 5.15. The van der Waals surface area contributed by atoms with E-state index in [9.17, 15) is 9.90 Å². The van der Waals surface area contributed by atoms with Crippen LogP contribution in [0.25, 0.3) is 6.08 Å². The molecule has 0 amide bonds. The van der Waals surface area contributed by atoms with Gasteiger partial charge in [-0.05, 0) is 54.1 Å². The summed E-state index contributed by atoms with van der Waals surface area (Å²) in [5.74, 6) is 0.712. The van der Waals surface area contributed by atoms with Gasteiger partial charge in [0.05, 0.1) is 14.2 Å². The molecule has 0 saturated carbocycles. The van der Waals surface area contributed by atoms with E-state index in [1.54, 1.807) is 42.5 Å². The smallest absolute Gasteiger partial charge is 0.185 e. The predicted molar refractivity (Wildman–Crippen MR) is 122 cm³/mol. The highest BCUT2D eigenvalue weighted by molar-refractivity contribution is 9.10. The molecule has 0 radical (unpaired) electrons. The summed E-state index contributed by atoms with van der Waals surface area (Å²) >= 11 is 3.39. The minimum Gasteiger partial charge on any atom is -0.504 e. The quantitative estimate of drug-likeness (QED) is 0.271. The normalized spacial score (nSPS) is 11.2. The number of aliphatic imine (C=N–C) groups is 1. The van der Waals surface area contributed by atoms with Crippen molar-refractivity contribution in [3.05, 3.63) is 87.9 Å². The number of phenols is 1. The lowest BCUT2D eigenvalue weighted by molar-refractivity contribution is 0.104. The van der Waals surface area contributed by atoms with Crippen LogP contribution in [-0.4, -0.2) is 31.3 Å². The second-order valence-corrected chi connectivity index (χ2v) is 7.21. The summed E-state index contributed by atoms with van der Waals surface area (Å²) in [6, 6.07) is 17.8. The zero-order valence-electron chi connectivity index (χ0n) is 16.5. The lowest BCUT2D eigenvalue weighted by Gasteiger charge is -2.07. The summed E-state index contributed by atoms with van der Waals surface area (Å²) in [4.78, 5) is 17.0. The van der Waals surface area contributed by atoms with Crippen LogP contribution >= 0.6 is 15.9 Å². The van der Waals surface area contributed by atoms with Crippen molar-refractivity contribution >= 4 is 39.7 Å². The molecule has 1 N–H and O–H groups in total. The van der Waals surface area contributed by atoms with Crippen LogP contribution in [0.2, 0.25) is 0 Å². The first-order valence-corrected chi connectivity index (χ1v) is 9.87. The van der Waals surface area contributed by atoms with Gasteiger partial charge in [-0.2, -0.15) is 0 Å². The third-order valence-electron chi connectivity index (χ3n) is 4.35. The number of hydrogen-bond acceptors (Lipinski definition) is 5. The van der Waals surface area contributed by atoms with Crippen LogP contribution in [0.4, 0.5) is 5.69 Å². The number of nitrogens with zero attached hydrogens (tertiary/aromatic N) is 1. The van der Waals surface area contributed by atoms with Crippen molar-refractivity contribution < 1.29 is 19.4 Å². The highest BCUT2D eigenvalue weighted by atomic mass is 79.9. The fourth-order valence-electron chi connectivity index (χ4n) is 2.73. The summed E-state index contributed by atoms with van der Waals surface area (Å²) < 4.78 is 11.4. The maximum atomic E-state index is 12.6. The van der Waals surface area contributed by atoms with E-state index in [-0.39, 0.29) is 11.5 Å². The Morgan fingerprint density at radius 1 is 1.00 bits per heavy atom. The number of allylic oxidation sites excluding steroid dienone is 1. The van der Waals surface area contributed by atoms with E-state index in [1.807, 2.05) is 24.3 Å². The summed E-state index contributed by atoms with van der Waals surface area (Å²) in [5.41, 5.74) is 2.36. The van der Waals surface area contributed by atoms with Gasteiger partial charge in [0.2, 0.25) is 0 Å². The van der Waals surface area contributed by atoms with Crippen LogP contribution in [0.15, 0.2) is 76.2 Å². The van der Waals surface area contributed by atoms with Crippen molar-refractivity contribution in [1.82, 2.24) is 0 Å². The average Bonchev–Trinajstić information content (AvgIpc) is 2.77. The number of carbonyl (C=O) groups is 1. The molecule has 3 rings (SSSR count). The largest absolute Gasteiger partial charge is 0.504 e. The molecule has 0 atom stereocenters. The number of methoxy groups -OCH3 is 2. The number of aromatic hydroxyl groups is 1. The first-order valence-electron chi connectivity index (χ1n) is 9.08. The number of carbonyl (C=O) groups excluding carboxylic acids is 1. The topological polar surface area (TPSA) is 68.1 Å². The summed E-state index contributed by atoms with van der Waals surface area (Å²) in [6.45, 7) is 0. The van der Waals surface area contributed by atoms with Crippen molar-refractivity contribution in [2.24, 2.45) is 4.99 Å². The molecule has 0 aromatic heterocycles. The Hall–Kier alpha value is -3.38. The van der Waals surface area contributed by atoms with E-state index in [2.05, 4.69) is 20.9 Å². The maximum absolute atomic E-state index is 12.6. The number of hydrogen-bond donors (Lipinski definition) is 1. The van der Waals surface area contributed by atoms with Gasteiger partial charge in [-0.25, -0.2) is 0 Å². The van der Waals surface area contributed by atoms with Gasteiger partial charge < -0.3 is 14.6 Å². The summed E-state index contributed by atoms with van der Waals surface area (Å²) in [7, 11) is 3.02. The van der Waals surface area contributed by atoms with E-state index in [0.717, 1.165) is 10.0 Å². The molecule has 0 fully saturated rings. The minimum atomic E-state index is -0.152. The fourth-order valence-corrected chi connectivity index (χ4v) is 3.00. The van der Waals surface area contributed by atoms with Gasteiger partial charge in [-0.3, -0.25) is 9.79 Å². The van der Waals surface area contributed by atoms with Crippen molar-refractivity contribution in [1.29, 1.82) is 0 Å². The van der Waals surface area contributed by atoms with E-state index < -0.39 is 0 Å². The highest BCUT2D eigenvalue weighted by Crippen LogP contribution is 2.31. The molecule has 0 spiro atoms. The van der Waals surface area contributed by atoms with Crippen LogP contribution in [0.1, 0.15) is 21.5 Å². The number of benzene rings is 3. The van der Waals surface area contributed by atoms with Crippen LogP contribution in [0.3, 0.4) is 0 Å². The van der Waals surface area contributed by atoms with Crippen molar-refractivity contribution in [3.63, 3.8) is 0 Å². The maximum Gasteiger partial charge on any atom is 0.185 e. The molecule has 6 heteroatoms. The van der Waals surface area contributed by atoms with Gasteiger partial charge in [0.15, 0.2) is 17.3 Å². The molecule has 0 bridgehead atoms. The Kier molecular flexibility index (Phi) is 7.03.